The summed E-state index contributed by atoms with van der Waals surface area (Å²) >= 11 is 0. The Bertz CT molecular complexity index is 437. The summed E-state index contributed by atoms with van der Waals surface area (Å²) in [5.74, 6) is 0.502. The largest absolute Gasteiger partial charge is 0.382 e. The van der Waals surface area contributed by atoms with Gasteiger partial charge in [-0.05, 0) is 29.9 Å². The fourth-order valence-electron chi connectivity index (χ4n) is 2.96. The van der Waals surface area contributed by atoms with Crippen LogP contribution in [0.15, 0.2) is 24.3 Å². The Hall–Kier alpha value is -1.15. The van der Waals surface area contributed by atoms with E-state index in [1.54, 1.807) is 0 Å². The Labute approximate surface area is 122 Å². The van der Waals surface area contributed by atoms with Crippen LogP contribution in [0.4, 0.5) is 0 Å². The second kappa shape index (κ2) is 6.53. The summed E-state index contributed by atoms with van der Waals surface area (Å²) in [6, 6.07) is 8.22. The number of carbonyl (C=O) groups excluding carboxylic acids is 1. The van der Waals surface area contributed by atoms with Crippen LogP contribution in [0.3, 0.4) is 0 Å². The van der Waals surface area contributed by atoms with Gasteiger partial charge in [0.1, 0.15) is 5.60 Å². The molecular formula is C18H26O2. The van der Waals surface area contributed by atoms with Crippen molar-refractivity contribution in [2.24, 2.45) is 0 Å². The summed E-state index contributed by atoms with van der Waals surface area (Å²) in [7, 11) is 0. The van der Waals surface area contributed by atoms with Gasteiger partial charge in [0.2, 0.25) is 0 Å². The number of aliphatic hydroxyl groups is 1. The first-order valence-corrected chi connectivity index (χ1v) is 7.86. The summed E-state index contributed by atoms with van der Waals surface area (Å²) in [5, 5.41) is 10.6. The minimum absolute atomic E-state index is 0.00306. The van der Waals surface area contributed by atoms with Crippen LogP contribution in [0.5, 0.6) is 0 Å². The van der Waals surface area contributed by atoms with E-state index in [9.17, 15) is 9.90 Å². The molecule has 0 spiro atoms. The molecule has 1 aliphatic carbocycles. The van der Waals surface area contributed by atoms with Gasteiger partial charge in [-0.15, -0.1) is 0 Å². The summed E-state index contributed by atoms with van der Waals surface area (Å²) in [6.45, 7) is 4.32. The highest BCUT2D eigenvalue weighted by atomic mass is 16.3. The van der Waals surface area contributed by atoms with E-state index >= 15 is 0 Å². The van der Waals surface area contributed by atoms with Crippen molar-refractivity contribution in [2.75, 3.05) is 0 Å². The number of ketones is 1. The smallest absolute Gasteiger partial charge is 0.168 e. The first-order valence-electron chi connectivity index (χ1n) is 7.86. The van der Waals surface area contributed by atoms with Crippen molar-refractivity contribution < 1.29 is 9.90 Å². The molecule has 0 heterocycles. The molecule has 1 N–H and O–H groups in total. The molecule has 2 rings (SSSR count). The van der Waals surface area contributed by atoms with Gasteiger partial charge in [-0.1, -0.05) is 63.8 Å². The van der Waals surface area contributed by atoms with Crippen molar-refractivity contribution in [2.45, 2.75) is 70.3 Å². The van der Waals surface area contributed by atoms with E-state index in [1.807, 2.05) is 12.1 Å². The lowest BCUT2D eigenvalue weighted by Crippen LogP contribution is -2.39. The topological polar surface area (TPSA) is 37.3 Å². The number of benzene rings is 1. The monoisotopic (exact) mass is 274 g/mol. The first-order chi connectivity index (χ1) is 9.51. The average molecular weight is 274 g/mol. The van der Waals surface area contributed by atoms with Crippen LogP contribution in [0.25, 0.3) is 0 Å². The molecule has 1 aromatic carbocycles. The van der Waals surface area contributed by atoms with Crippen LogP contribution >= 0.6 is 0 Å². The van der Waals surface area contributed by atoms with E-state index in [0.29, 0.717) is 25.2 Å². The van der Waals surface area contributed by atoms with Gasteiger partial charge < -0.3 is 5.11 Å². The van der Waals surface area contributed by atoms with Gasteiger partial charge in [0, 0.05) is 6.42 Å². The van der Waals surface area contributed by atoms with Gasteiger partial charge in [-0.25, -0.2) is 0 Å². The molecule has 0 saturated heterocycles. The Kier molecular flexibility index (Phi) is 4.98. The Morgan fingerprint density at radius 2 is 1.65 bits per heavy atom. The van der Waals surface area contributed by atoms with Gasteiger partial charge in [0.25, 0.3) is 0 Å². The van der Waals surface area contributed by atoms with Crippen molar-refractivity contribution in [3.05, 3.63) is 35.4 Å². The van der Waals surface area contributed by atoms with Gasteiger partial charge >= 0.3 is 0 Å². The third-order valence-electron chi connectivity index (χ3n) is 4.46. The summed E-state index contributed by atoms with van der Waals surface area (Å²) in [6.07, 6.45) is 5.83. The summed E-state index contributed by atoms with van der Waals surface area (Å²) in [4.78, 5) is 12.4. The van der Waals surface area contributed by atoms with E-state index in [4.69, 9.17) is 0 Å². The molecule has 0 aliphatic heterocycles. The zero-order valence-electron chi connectivity index (χ0n) is 12.7. The van der Waals surface area contributed by atoms with E-state index in [-0.39, 0.29) is 5.78 Å². The van der Waals surface area contributed by atoms with Crippen LogP contribution in [-0.2, 0) is 11.2 Å². The maximum absolute atomic E-state index is 12.4. The van der Waals surface area contributed by atoms with Crippen molar-refractivity contribution in [3.63, 3.8) is 0 Å². The van der Waals surface area contributed by atoms with Gasteiger partial charge in [0.15, 0.2) is 5.78 Å². The molecule has 0 radical (unpaired) electrons. The lowest BCUT2D eigenvalue weighted by atomic mass is 9.86. The van der Waals surface area contributed by atoms with Crippen LogP contribution in [0.2, 0.25) is 0 Å². The lowest BCUT2D eigenvalue weighted by Gasteiger charge is -2.25. The van der Waals surface area contributed by atoms with E-state index < -0.39 is 5.60 Å². The van der Waals surface area contributed by atoms with E-state index in [0.717, 1.165) is 31.2 Å². The second-order valence-corrected chi connectivity index (χ2v) is 6.44. The molecule has 110 valence electrons. The molecule has 1 fully saturated rings. The number of rotatable bonds is 4. The standard InChI is InChI=1S/C18H26O2/c1-14(2)16-9-7-15(8-10-16)13-17(19)18(20)11-5-3-4-6-12-18/h7-10,14,20H,3-6,11-13H2,1-2H3. The molecule has 1 aromatic rings. The van der Waals surface area contributed by atoms with Crippen molar-refractivity contribution in [1.82, 2.24) is 0 Å². The van der Waals surface area contributed by atoms with Crippen LogP contribution in [0.1, 0.15) is 69.4 Å². The van der Waals surface area contributed by atoms with Crippen LogP contribution in [-0.4, -0.2) is 16.5 Å². The van der Waals surface area contributed by atoms with Gasteiger partial charge in [-0.3, -0.25) is 4.79 Å². The number of carbonyl (C=O) groups is 1. The molecule has 2 heteroatoms. The minimum Gasteiger partial charge on any atom is -0.382 e. The Balaban J connectivity index is 2.02. The lowest BCUT2D eigenvalue weighted by molar-refractivity contribution is -0.138. The van der Waals surface area contributed by atoms with Crippen LogP contribution < -0.4 is 0 Å². The highest BCUT2D eigenvalue weighted by Crippen LogP contribution is 2.29. The van der Waals surface area contributed by atoms with Gasteiger partial charge in [-0.2, -0.15) is 0 Å². The third-order valence-corrected chi connectivity index (χ3v) is 4.46. The zero-order valence-corrected chi connectivity index (χ0v) is 12.7. The molecule has 2 nitrogen and oxygen atoms in total. The molecule has 20 heavy (non-hydrogen) atoms. The SMILES string of the molecule is CC(C)c1ccc(CC(=O)C2(O)CCCCCC2)cc1. The molecule has 0 atom stereocenters. The predicted octanol–water partition coefficient (Wildman–Crippen LogP) is 4.01. The number of hydrogen-bond donors (Lipinski definition) is 1. The zero-order chi connectivity index (χ0) is 14.6. The highest BCUT2D eigenvalue weighted by molar-refractivity contribution is 5.88. The fourth-order valence-corrected chi connectivity index (χ4v) is 2.96. The molecule has 0 amide bonds. The number of Topliss-reactive ketones (excluding diaryl/α,β-unsaturated/α-hetero) is 1. The average Bonchev–Trinajstić information content (AvgIpc) is 2.65. The Morgan fingerprint density at radius 1 is 1.10 bits per heavy atom. The molecule has 0 bridgehead atoms. The number of hydrogen-bond acceptors (Lipinski definition) is 2. The van der Waals surface area contributed by atoms with Crippen LogP contribution in [0, 0.1) is 0 Å². The summed E-state index contributed by atoms with van der Waals surface area (Å²) in [5.41, 5.74) is 1.22. The second-order valence-electron chi connectivity index (χ2n) is 6.44. The predicted molar refractivity (Wildman–Crippen MR) is 81.9 cm³/mol. The highest BCUT2D eigenvalue weighted by Gasteiger charge is 2.35. The third kappa shape index (κ3) is 3.69. The molecule has 0 unspecified atom stereocenters. The quantitative estimate of drug-likeness (QED) is 0.842. The fraction of sp³-hybridized carbons (Fsp3) is 0.611. The maximum Gasteiger partial charge on any atom is 0.168 e. The van der Waals surface area contributed by atoms with Crippen molar-refractivity contribution in [1.29, 1.82) is 0 Å². The molecule has 1 aliphatic rings. The van der Waals surface area contributed by atoms with E-state index in [1.165, 1.54) is 5.56 Å². The normalized spacial score (nSPS) is 18.8. The minimum atomic E-state index is -1.08. The molecule has 1 saturated carbocycles. The molecular weight excluding hydrogens is 248 g/mol. The molecule has 0 aromatic heterocycles. The van der Waals surface area contributed by atoms with E-state index in [2.05, 4.69) is 26.0 Å². The van der Waals surface area contributed by atoms with Crippen molar-refractivity contribution >= 4 is 5.78 Å². The van der Waals surface area contributed by atoms with Gasteiger partial charge in [0.05, 0.1) is 0 Å². The van der Waals surface area contributed by atoms with Crippen molar-refractivity contribution in [3.8, 4) is 0 Å². The summed E-state index contributed by atoms with van der Waals surface area (Å²) < 4.78 is 0. The Morgan fingerprint density at radius 3 is 2.15 bits per heavy atom. The maximum atomic E-state index is 12.4. The first kappa shape index (κ1) is 15.2.